The first-order valence-corrected chi connectivity index (χ1v) is 6.00. The van der Waals surface area contributed by atoms with Gasteiger partial charge in [0.1, 0.15) is 0 Å². The molecule has 19 heavy (non-hydrogen) atoms. The lowest BCUT2D eigenvalue weighted by Gasteiger charge is -2.05. The van der Waals surface area contributed by atoms with Crippen molar-refractivity contribution in [3.63, 3.8) is 0 Å². The van der Waals surface area contributed by atoms with E-state index < -0.39 is 11.6 Å². The second kappa shape index (κ2) is 5.61. The number of benzene rings is 2. The van der Waals surface area contributed by atoms with Gasteiger partial charge < -0.3 is 0 Å². The Kier molecular flexibility index (Phi) is 3.91. The molecule has 0 aliphatic carbocycles. The van der Waals surface area contributed by atoms with Crippen LogP contribution in [0.1, 0.15) is 12.5 Å². The van der Waals surface area contributed by atoms with Crippen molar-refractivity contribution in [1.29, 1.82) is 0 Å². The maximum absolute atomic E-state index is 13.2. The number of halogens is 2. The summed E-state index contributed by atoms with van der Waals surface area (Å²) in [7, 11) is 0. The first-order valence-electron chi connectivity index (χ1n) is 6.00. The summed E-state index contributed by atoms with van der Waals surface area (Å²) in [5.74, 6) is -1.66. The molecule has 0 nitrogen and oxygen atoms in total. The van der Waals surface area contributed by atoms with Crippen LogP contribution in [0.25, 0.3) is 16.7 Å². The van der Waals surface area contributed by atoms with Gasteiger partial charge in [0.2, 0.25) is 0 Å². The number of rotatable bonds is 3. The largest absolute Gasteiger partial charge is 0.204 e. The van der Waals surface area contributed by atoms with Crippen molar-refractivity contribution in [1.82, 2.24) is 0 Å². The molecular formula is C17H14F2. The third kappa shape index (κ3) is 2.79. The Morgan fingerprint density at radius 3 is 2.11 bits per heavy atom. The van der Waals surface area contributed by atoms with E-state index in [4.69, 9.17) is 0 Å². The SMILES string of the molecule is C=C/C(=C\C)c1ccc(-c2ccc(F)c(F)c2)cc1. The minimum Gasteiger partial charge on any atom is -0.204 e. The van der Waals surface area contributed by atoms with E-state index in [0.29, 0.717) is 5.56 Å². The zero-order chi connectivity index (χ0) is 13.8. The molecule has 0 saturated carbocycles. The van der Waals surface area contributed by atoms with Gasteiger partial charge >= 0.3 is 0 Å². The second-order valence-corrected chi connectivity index (χ2v) is 4.15. The molecule has 0 spiro atoms. The van der Waals surface area contributed by atoms with Gasteiger partial charge in [0.15, 0.2) is 11.6 Å². The molecule has 0 saturated heterocycles. The average molecular weight is 256 g/mol. The van der Waals surface area contributed by atoms with Crippen molar-refractivity contribution in [2.75, 3.05) is 0 Å². The minimum atomic E-state index is -0.832. The molecule has 2 rings (SSSR count). The quantitative estimate of drug-likeness (QED) is 0.660. The van der Waals surface area contributed by atoms with Gasteiger partial charge in [-0.15, -0.1) is 0 Å². The third-order valence-electron chi connectivity index (χ3n) is 3.00. The lowest BCUT2D eigenvalue weighted by atomic mass is 10.00. The summed E-state index contributed by atoms with van der Waals surface area (Å²) in [6.45, 7) is 5.70. The van der Waals surface area contributed by atoms with E-state index in [9.17, 15) is 8.78 Å². The molecule has 0 radical (unpaired) electrons. The number of hydrogen-bond donors (Lipinski definition) is 0. The molecule has 0 bridgehead atoms. The first-order chi connectivity index (χ1) is 9.15. The fourth-order valence-corrected chi connectivity index (χ4v) is 1.93. The summed E-state index contributed by atoms with van der Waals surface area (Å²) in [5, 5.41) is 0. The van der Waals surface area contributed by atoms with E-state index in [-0.39, 0.29) is 0 Å². The summed E-state index contributed by atoms with van der Waals surface area (Å²) in [6.07, 6.45) is 3.76. The van der Waals surface area contributed by atoms with Crippen LogP contribution in [0.15, 0.2) is 61.2 Å². The van der Waals surface area contributed by atoms with Crippen LogP contribution >= 0.6 is 0 Å². The molecule has 0 amide bonds. The van der Waals surface area contributed by atoms with Crippen molar-refractivity contribution in [3.05, 3.63) is 78.4 Å². The van der Waals surface area contributed by atoms with Crippen molar-refractivity contribution in [2.45, 2.75) is 6.92 Å². The average Bonchev–Trinajstić information content (AvgIpc) is 2.44. The van der Waals surface area contributed by atoms with E-state index in [1.807, 2.05) is 37.3 Å². The second-order valence-electron chi connectivity index (χ2n) is 4.15. The van der Waals surface area contributed by atoms with Crippen LogP contribution in [0.4, 0.5) is 8.78 Å². The summed E-state index contributed by atoms with van der Waals surface area (Å²) < 4.78 is 26.1. The van der Waals surface area contributed by atoms with E-state index in [1.165, 1.54) is 6.07 Å². The van der Waals surface area contributed by atoms with Crippen LogP contribution < -0.4 is 0 Å². The molecule has 2 heteroatoms. The summed E-state index contributed by atoms with van der Waals surface area (Å²) in [4.78, 5) is 0. The molecule has 96 valence electrons. The van der Waals surface area contributed by atoms with Crippen molar-refractivity contribution < 1.29 is 8.78 Å². The molecule has 0 aromatic heterocycles. The van der Waals surface area contributed by atoms with Crippen LogP contribution in [0.5, 0.6) is 0 Å². The maximum atomic E-state index is 13.2. The van der Waals surface area contributed by atoms with Crippen LogP contribution in [-0.4, -0.2) is 0 Å². The molecular weight excluding hydrogens is 242 g/mol. The highest BCUT2D eigenvalue weighted by molar-refractivity contribution is 5.75. The highest BCUT2D eigenvalue weighted by Crippen LogP contribution is 2.24. The monoisotopic (exact) mass is 256 g/mol. The zero-order valence-corrected chi connectivity index (χ0v) is 10.7. The first kappa shape index (κ1) is 13.2. The Bertz CT molecular complexity index is 622. The van der Waals surface area contributed by atoms with Crippen molar-refractivity contribution in [2.24, 2.45) is 0 Å². The van der Waals surface area contributed by atoms with Crippen molar-refractivity contribution >= 4 is 5.57 Å². The Morgan fingerprint density at radius 2 is 1.58 bits per heavy atom. The van der Waals surface area contributed by atoms with Gasteiger partial charge in [-0.3, -0.25) is 0 Å². The fourth-order valence-electron chi connectivity index (χ4n) is 1.93. The molecule has 0 heterocycles. The van der Waals surface area contributed by atoms with Crippen molar-refractivity contribution in [3.8, 4) is 11.1 Å². The standard InChI is InChI=1S/C17H14F2/c1-3-12(4-2)13-5-7-14(8-6-13)15-9-10-16(18)17(19)11-15/h3-11H,1H2,2H3/b12-4+. The molecule has 0 unspecified atom stereocenters. The molecule has 0 atom stereocenters. The van der Waals surface area contributed by atoms with Gasteiger partial charge in [-0.1, -0.05) is 49.1 Å². The van der Waals surface area contributed by atoms with E-state index in [0.717, 1.165) is 22.8 Å². The Hall–Kier alpha value is -2.22. The van der Waals surface area contributed by atoms with E-state index in [1.54, 1.807) is 12.1 Å². The molecule has 0 fully saturated rings. The highest BCUT2D eigenvalue weighted by atomic mass is 19.2. The van der Waals surface area contributed by atoms with Crippen LogP contribution in [-0.2, 0) is 0 Å². The van der Waals surface area contributed by atoms with Gasteiger partial charge in [-0.25, -0.2) is 8.78 Å². The van der Waals surface area contributed by atoms with Gasteiger partial charge in [-0.05, 0) is 41.3 Å². The lowest BCUT2D eigenvalue weighted by molar-refractivity contribution is 0.509. The zero-order valence-electron chi connectivity index (χ0n) is 10.7. The minimum absolute atomic E-state index is 0.658. The van der Waals surface area contributed by atoms with Gasteiger partial charge in [0, 0.05) is 0 Å². The molecule has 0 aliphatic rings. The lowest BCUT2D eigenvalue weighted by Crippen LogP contribution is -1.86. The molecule has 0 N–H and O–H groups in total. The number of allylic oxidation sites excluding steroid dienone is 3. The third-order valence-corrected chi connectivity index (χ3v) is 3.00. The summed E-state index contributed by atoms with van der Waals surface area (Å²) in [5.41, 5.74) is 3.59. The predicted octanol–water partition coefficient (Wildman–Crippen LogP) is 5.22. The predicted molar refractivity (Wildman–Crippen MR) is 75.6 cm³/mol. The normalized spacial score (nSPS) is 11.4. The molecule has 0 aliphatic heterocycles. The molecule has 2 aromatic carbocycles. The number of hydrogen-bond acceptors (Lipinski definition) is 0. The van der Waals surface area contributed by atoms with Crippen LogP contribution in [0, 0.1) is 11.6 Å². The maximum Gasteiger partial charge on any atom is 0.159 e. The van der Waals surface area contributed by atoms with Gasteiger partial charge in [-0.2, -0.15) is 0 Å². The highest BCUT2D eigenvalue weighted by Gasteiger charge is 2.05. The Labute approximate surface area is 111 Å². The Morgan fingerprint density at radius 1 is 0.947 bits per heavy atom. The van der Waals surface area contributed by atoms with Crippen LogP contribution in [0.2, 0.25) is 0 Å². The summed E-state index contributed by atoms with van der Waals surface area (Å²) >= 11 is 0. The topological polar surface area (TPSA) is 0 Å². The van der Waals surface area contributed by atoms with E-state index >= 15 is 0 Å². The molecule has 2 aromatic rings. The Balaban J connectivity index is 2.37. The van der Waals surface area contributed by atoms with Gasteiger partial charge in [0.25, 0.3) is 0 Å². The van der Waals surface area contributed by atoms with Gasteiger partial charge in [0.05, 0.1) is 0 Å². The smallest absolute Gasteiger partial charge is 0.159 e. The van der Waals surface area contributed by atoms with Crippen LogP contribution in [0.3, 0.4) is 0 Å². The van der Waals surface area contributed by atoms with E-state index in [2.05, 4.69) is 6.58 Å². The summed E-state index contributed by atoms with van der Waals surface area (Å²) in [6, 6.07) is 11.6. The fraction of sp³-hybridized carbons (Fsp3) is 0.0588.